The Morgan fingerprint density at radius 1 is 1.03 bits per heavy atom. The van der Waals surface area contributed by atoms with Crippen LogP contribution in [0.25, 0.3) is 22.5 Å². The quantitative estimate of drug-likeness (QED) is 0.226. The van der Waals surface area contributed by atoms with Gasteiger partial charge in [-0.1, -0.05) is 11.6 Å². The summed E-state index contributed by atoms with van der Waals surface area (Å²) >= 11 is 5.75. The van der Waals surface area contributed by atoms with Gasteiger partial charge < -0.3 is 25.3 Å². The van der Waals surface area contributed by atoms with E-state index in [2.05, 4.69) is 20.6 Å². The first-order chi connectivity index (χ1) is 17.9. The highest BCUT2D eigenvalue weighted by Crippen LogP contribution is 2.34. The zero-order valence-corrected chi connectivity index (χ0v) is 20.9. The molecule has 4 rings (SSSR count). The van der Waals surface area contributed by atoms with Gasteiger partial charge in [0.05, 0.1) is 29.4 Å². The lowest BCUT2D eigenvalue weighted by Gasteiger charge is -2.15. The van der Waals surface area contributed by atoms with E-state index in [-0.39, 0.29) is 16.4 Å². The summed E-state index contributed by atoms with van der Waals surface area (Å²) in [6, 6.07) is 10.9. The standard InChI is InChI=1S/C26H25ClF2N6O2/c1-3-37-13-12-35(2)25-33-23(16-8-10-30-11-9-16)24(34-25)17-4-6-19(28)22(14-17)32-26(36)31-21-7-5-18(27)15-20(21)29/h4-11,14-15H,3,12-13H2,1-2H3,(H,33,34)(H2,31,32,36). The monoisotopic (exact) mass is 526 g/mol. The lowest BCUT2D eigenvalue weighted by Crippen LogP contribution is -2.23. The van der Waals surface area contributed by atoms with Crippen LogP contribution < -0.4 is 15.5 Å². The number of ether oxygens (including phenoxy) is 1. The van der Waals surface area contributed by atoms with Gasteiger partial charge in [-0.15, -0.1) is 0 Å². The van der Waals surface area contributed by atoms with E-state index in [9.17, 15) is 13.6 Å². The summed E-state index contributed by atoms with van der Waals surface area (Å²) in [5, 5.41) is 4.98. The number of carbonyl (C=O) groups is 1. The molecule has 0 spiro atoms. The van der Waals surface area contributed by atoms with Crippen LogP contribution in [0.5, 0.6) is 0 Å². The molecule has 3 N–H and O–H groups in total. The maximum atomic E-state index is 14.7. The van der Waals surface area contributed by atoms with E-state index in [1.54, 1.807) is 18.5 Å². The second kappa shape index (κ2) is 11.8. The molecule has 0 fully saturated rings. The maximum Gasteiger partial charge on any atom is 0.323 e. The Hall–Kier alpha value is -4.02. The summed E-state index contributed by atoms with van der Waals surface area (Å²) in [7, 11) is 1.88. The third-order valence-electron chi connectivity index (χ3n) is 5.46. The second-order valence-corrected chi connectivity index (χ2v) is 8.47. The van der Waals surface area contributed by atoms with Crippen molar-refractivity contribution in [1.29, 1.82) is 0 Å². The van der Waals surface area contributed by atoms with Crippen LogP contribution in [-0.4, -0.2) is 47.8 Å². The van der Waals surface area contributed by atoms with Crippen LogP contribution in [0, 0.1) is 11.6 Å². The largest absolute Gasteiger partial charge is 0.380 e. The van der Waals surface area contributed by atoms with Crippen molar-refractivity contribution in [3.05, 3.63) is 77.6 Å². The van der Waals surface area contributed by atoms with Crippen molar-refractivity contribution in [3.8, 4) is 22.5 Å². The Morgan fingerprint density at radius 2 is 1.78 bits per heavy atom. The summed E-state index contributed by atoms with van der Waals surface area (Å²) < 4.78 is 34.2. The van der Waals surface area contributed by atoms with Gasteiger partial charge in [0.2, 0.25) is 5.95 Å². The van der Waals surface area contributed by atoms with Gasteiger partial charge in [-0.3, -0.25) is 4.98 Å². The number of imidazole rings is 1. The molecule has 2 amide bonds. The predicted molar refractivity (Wildman–Crippen MR) is 141 cm³/mol. The summed E-state index contributed by atoms with van der Waals surface area (Å²) in [5.74, 6) is -0.779. The van der Waals surface area contributed by atoms with Gasteiger partial charge in [0.25, 0.3) is 0 Å². The molecule has 0 bridgehead atoms. The van der Waals surface area contributed by atoms with Crippen LogP contribution in [0.4, 0.5) is 30.9 Å². The van der Waals surface area contributed by atoms with E-state index >= 15 is 0 Å². The molecular formula is C26H25ClF2N6O2. The molecule has 4 aromatic rings. The van der Waals surface area contributed by atoms with E-state index < -0.39 is 17.7 Å². The van der Waals surface area contributed by atoms with Crippen molar-refractivity contribution in [2.24, 2.45) is 0 Å². The highest BCUT2D eigenvalue weighted by molar-refractivity contribution is 6.30. The minimum absolute atomic E-state index is 0.0922. The van der Waals surface area contributed by atoms with Crippen LogP contribution in [0.1, 0.15) is 6.92 Å². The first-order valence-corrected chi connectivity index (χ1v) is 11.9. The van der Waals surface area contributed by atoms with Crippen molar-refractivity contribution >= 4 is 35.0 Å². The van der Waals surface area contributed by atoms with Crippen LogP contribution in [0.2, 0.25) is 5.02 Å². The highest BCUT2D eigenvalue weighted by Gasteiger charge is 2.19. The Bertz CT molecular complexity index is 1380. The molecule has 192 valence electrons. The first kappa shape index (κ1) is 26.1. The molecule has 2 aromatic carbocycles. The summed E-state index contributed by atoms with van der Waals surface area (Å²) in [6.45, 7) is 3.68. The van der Waals surface area contributed by atoms with E-state index in [4.69, 9.17) is 21.3 Å². The second-order valence-electron chi connectivity index (χ2n) is 8.04. The van der Waals surface area contributed by atoms with E-state index in [1.807, 2.05) is 31.0 Å². The maximum absolute atomic E-state index is 14.7. The van der Waals surface area contributed by atoms with E-state index in [1.165, 1.54) is 24.3 Å². The molecule has 8 nitrogen and oxygen atoms in total. The number of aromatic nitrogens is 3. The van der Waals surface area contributed by atoms with Gasteiger partial charge in [0.15, 0.2) is 0 Å². The number of hydrogen-bond acceptors (Lipinski definition) is 5. The number of carbonyl (C=O) groups excluding carboxylic acids is 1. The van der Waals surface area contributed by atoms with Gasteiger partial charge in [-0.2, -0.15) is 0 Å². The molecule has 0 aliphatic rings. The number of likely N-dealkylation sites (N-methyl/N-ethyl adjacent to an activating group) is 1. The Morgan fingerprint density at radius 3 is 2.51 bits per heavy atom. The number of urea groups is 1. The number of hydrogen-bond donors (Lipinski definition) is 3. The highest BCUT2D eigenvalue weighted by atomic mass is 35.5. The number of pyridine rings is 1. The molecule has 2 heterocycles. The number of benzene rings is 2. The van der Waals surface area contributed by atoms with Crippen LogP contribution in [0.3, 0.4) is 0 Å². The molecule has 0 unspecified atom stereocenters. The Kier molecular flexibility index (Phi) is 8.32. The van der Waals surface area contributed by atoms with Crippen molar-refractivity contribution in [3.63, 3.8) is 0 Å². The number of amides is 2. The van der Waals surface area contributed by atoms with Crippen molar-refractivity contribution in [2.45, 2.75) is 6.92 Å². The van der Waals surface area contributed by atoms with Crippen LogP contribution in [0.15, 0.2) is 60.9 Å². The Labute approximate surface area is 217 Å². The molecule has 0 atom stereocenters. The summed E-state index contributed by atoms with van der Waals surface area (Å²) in [4.78, 5) is 26.6. The number of H-pyrrole nitrogens is 1. The fraction of sp³-hybridized carbons (Fsp3) is 0.192. The SMILES string of the molecule is CCOCCN(C)c1nc(-c2ccc(F)c(NC(=O)Nc3ccc(Cl)cc3F)c2)c(-c2ccncc2)[nH]1. The average molecular weight is 527 g/mol. The predicted octanol–water partition coefficient (Wildman–Crippen LogP) is 6.19. The molecule has 0 saturated heterocycles. The Balaban J connectivity index is 1.63. The minimum atomic E-state index is -0.815. The average Bonchev–Trinajstić information content (AvgIpc) is 3.33. The lowest BCUT2D eigenvalue weighted by molar-refractivity contribution is 0.154. The lowest BCUT2D eigenvalue weighted by atomic mass is 10.1. The van der Waals surface area contributed by atoms with E-state index in [0.29, 0.717) is 42.7 Å². The minimum Gasteiger partial charge on any atom is -0.380 e. The summed E-state index contributed by atoms with van der Waals surface area (Å²) in [5.41, 5.74) is 2.45. The van der Waals surface area contributed by atoms with Gasteiger partial charge >= 0.3 is 6.03 Å². The third-order valence-corrected chi connectivity index (χ3v) is 5.70. The van der Waals surface area contributed by atoms with Crippen molar-refractivity contribution in [1.82, 2.24) is 15.0 Å². The normalized spacial score (nSPS) is 10.8. The number of halogens is 3. The third kappa shape index (κ3) is 6.41. The fourth-order valence-electron chi connectivity index (χ4n) is 3.56. The molecule has 0 aliphatic carbocycles. The molecule has 11 heteroatoms. The molecule has 0 radical (unpaired) electrons. The molecule has 37 heavy (non-hydrogen) atoms. The molecular weight excluding hydrogens is 502 g/mol. The van der Waals surface area contributed by atoms with E-state index in [0.717, 1.165) is 11.6 Å². The number of anilines is 3. The topological polar surface area (TPSA) is 95.2 Å². The van der Waals surface area contributed by atoms with Gasteiger partial charge in [-0.25, -0.2) is 18.6 Å². The van der Waals surface area contributed by atoms with Crippen LogP contribution in [-0.2, 0) is 4.74 Å². The zero-order valence-electron chi connectivity index (χ0n) is 20.2. The number of aromatic amines is 1. The number of rotatable bonds is 9. The molecule has 0 saturated carbocycles. The zero-order chi connectivity index (χ0) is 26.4. The van der Waals surface area contributed by atoms with Crippen LogP contribution >= 0.6 is 11.6 Å². The molecule has 2 aromatic heterocycles. The van der Waals surface area contributed by atoms with Crippen molar-refractivity contribution in [2.75, 3.05) is 42.3 Å². The fourth-order valence-corrected chi connectivity index (χ4v) is 3.72. The van der Waals surface area contributed by atoms with Gasteiger partial charge in [0, 0.05) is 48.7 Å². The van der Waals surface area contributed by atoms with Crippen molar-refractivity contribution < 1.29 is 18.3 Å². The summed E-state index contributed by atoms with van der Waals surface area (Å²) in [6.07, 6.45) is 3.33. The number of nitrogens with one attached hydrogen (secondary N) is 3. The van der Waals surface area contributed by atoms with Gasteiger partial charge in [0.1, 0.15) is 11.6 Å². The van der Waals surface area contributed by atoms with Gasteiger partial charge in [-0.05, 0) is 55.5 Å². The molecule has 0 aliphatic heterocycles. The first-order valence-electron chi connectivity index (χ1n) is 11.5. The number of nitrogens with zero attached hydrogens (tertiary/aromatic N) is 3. The smallest absolute Gasteiger partial charge is 0.323 e.